The standard InChI is InChI=1S/C19H11BrN2O3SSe.C2H6/c20-11-7-5-10(6-8-11)12-9-27-18(15(12)19(24)25)22-16(23)17-21-13-3-1-2-4-14(13)26-17;1-2/h1-9H,(H,22,23)(H,24,25);1-2H3. The molecule has 2 heterocycles. The van der Waals surface area contributed by atoms with Crippen LogP contribution in [0.3, 0.4) is 0 Å². The number of carbonyl (C=O) groups excluding carboxylic acids is 1. The van der Waals surface area contributed by atoms with E-state index in [1.54, 1.807) is 0 Å². The fraction of sp³-hybridized carbons (Fsp3) is 0.0952. The SMILES string of the molecule is CC.O=C(Nc1[se]cc(-c2ccc(Br)cc2)c1C(=O)O)c1nc2ccccc2s1. The van der Waals surface area contributed by atoms with Crippen molar-refractivity contribution in [3.63, 3.8) is 0 Å². The number of rotatable bonds is 4. The Labute approximate surface area is 186 Å². The van der Waals surface area contributed by atoms with E-state index in [1.165, 1.54) is 11.3 Å². The molecule has 148 valence electrons. The van der Waals surface area contributed by atoms with Gasteiger partial charge in [0.05, 0.1) is 0 Å². The molecule has 0 bridgehead atoms. The molecule has 29 heavy (non-hydrogen) atoms. The van der Waals surface area contributed by atoms with Crippen molar-refractivity contribution < 1.29 is 14.7 Å². The monoisotopic (exact) mass is 536 g/mol. The summed E-state index contributed by atoms with van der Waals surface area (Å²) in [6.45, 7) is 4.00. The van der Waals surface area contributed by atoms with Gasteiger partial charge in [-0.1, -0.05) is 13.8 Å². The molecule has 0 aliphatic heterocycles. The van der Waals surface area contributed by atoms with Crippen molar-refractivity contribution in [3.05, 3.63) is 68.5 Å². The molecule has 4 rings (SSSR count). The third-order valence-corrected chi connectivity index (χ3v) is 7.32. The molecule has 0 fully saturated rings. The van der Waals surface area contributed by atoms with Crippen LogP contribution in [0.25, 0.3) is 21.3 Å². The number of thiazole rings is 1. The van der Waals surface area contributed by atoms with E-state index in [4.69, 9.17) is 0 Å². The Hall–Kier alpha value is -2.25. The van der Waals surface area contributed by atoms with Crippen molar-refractivity contribution in [3.8, 4) is 11.1 Å². The topological polar surface area (TPSA) is 79.3 Å². The summed E-state index contributed by atoms with van der Waals surface area (Å²) < 4.78 is 2.28. The number of benzene rings is 2. The van der Waals surface area contributed by atoms with Gasteiger partial charge in [0.25, 0.3) is 0 Å². The predicted molar refractivity (Wildman–Crippen MR) is 122 cm³/mol. The molecule has 0 saturated carbocycles. The average Bonchev–Trinajstić information content (AvgIpc) is 3.34. The van der Waals surface area contributed by atoms with Crippen molar-refractivity contribution in [1.29, 1.82) is 0 Å². The van der Waals surface area contributed by atoms with Crippen molar-refractivity contribution >= 4 is 68.4 Å². The molecule has 4 aromatic rings. The summed E-state index contributed by atoms with van der Waals surface area (Å²) in [7, 11) is 0. The summed E-state index contributed by atoms with van der Waals surface area (Å²) >= 11 is 4.39. The third-order valence-electron chi connectivity index (χ3n) is 3.88. The van der Waals surface area contributed by atoms with Crippen molar-refractivity contribution in [2.75, 3.05) is 5.32 Å². The van der Waals surface area contributed by atoms with Crippen LogP contribution in [0.5, 0.6) is 0 Å². The number of nitrogens with one attached hydrogen (secondary N) is 1. The van der Waals surface area contributed by atoms with Crippen LogP contribution in [0, 0.1) is 0 Å². The average molecular weight is 536 g/mol. The van der Waals surface area contributed by atoms with E-state index in [9.17, 15) is 14.7 Å². The maximum absolute atomic E-state index is 12.6. The zero-order valence-electron chi connectivity index (χ0n) is 15.6. The first-order valence-electron chi connectivity index (χ1n) is 8.80. The van der Waals surface area contributed by atoms with Gasteiger partial charge in [-0.25, -0.2) is 0 Å². The van der Waals surface area contributed by atoms with Gasteiger partial charge in [0, 0.05) is 0 Å². The van der Waals surface area contributed by atoms with Crippen LogP contribution in [-0.4, -0.2) is 36.5 Å². The molecular formula is C21H17BrN2O3SSe. The number of carbonyl (C=O) groups is 2. The van der Waals surface area contributed by atoms with Gasteiger partial charge in [0.15, 0.2) is 0 Å². The number of aromatic carboxylic acids is 1. The quantitative estimate of drug-likeness (QED) is 0.325. The minimum atomic E-state index is -1.05. The van der Waals surface area contributed by atoms with Gasteiger partial charge in [-0.15, -0.1) is 0 Å². The van der Waals surface area contributed by atoms with Gasteiger partial charge >= 0.3 is 173 Å². The van der Waals surface area contributed by atoms with Gasteiger partial charge in [0.1, 0.15) is 0 Å². The molecule has 2 N–H and O–H groups in total. The maximum atomic E-state index is 12.6. The van der Waals surface area contributed by atoms with Crippen LogP contribution < -0.4 is 5.32 Å². The van der Waals surface area contributed by atoms with Crippen LogP contribution in [0.1, 0.15) is 34.0 Å². The summed E-state index contributed by atoms with van der Waals surface area (Å²) in [6.07, 6.45) is 0. The molecule has 0 spiro atoms. The number of hydrogen-bond donors (Lipinski definition) is 2. The number of anilines is 1. The fourth-order valence-electron chi connectivity index (χ4n) is 2.63. The van der Waals surface area contributed by atoms with Gasteiger partial charge < -0.3 is 0 Å². The minimum absolute atomic E-state index is 0.145. The number of halogens is 1. The predicted octanol–water partition coefficient (Wildman–Crippen LogP) is 5.76. The third kappa shape index (κ3) is 4.67. The molecule has 2 aromatic heterocycles. The van der Waals surface area contributed by atoms with Crippen LogP contribution >= 0.6 is 27.3 Å². The number of para-hydroxylation sites is 1. The van der Waals surface area contributed by atoms with Crippen LogP contribution in [0.2, 0.25) is 0 Å². The zero-order chi connectivity index (χ0) is 21.0. The first-order valence-corrected chi connectivity index (χ1v) is 12.3. The number of nitrogens with zero attached hydrogens (tertiary/aromatic N) is 1. The van der Waals surface area contributed by atoms with E-state index < -0.39 is 5.97 Å². The Morgan fingerprint density at radius 3 is 2.45 bits per heavy atom. The molecule has 0 unspecified atom stereocenters. The van der Waals surface area contributed by atoms with E-state index >= 15 is 0 Å². The number of hydrogen-bond acceptors (Lipinski definition) is 4. The molecule has 1 amide bonds. The zero-order valence-corrected chi connectivity index (χ0v) is 19.7. The number of amides is 1. The summed E-state index contributed by atoms with van der Waals surface area (Å²) in [5.41, 5.74) is 2.34. The normalized spacial score (nSPS) is 10.3. The molecule has 5 nitrogen and oxygen atoms in total. The first-order chi connectivity index (χ1) is 14.0. The van der Waals surface area contributed by atoms with Crippen LogP contribution in [0.4, 0.5) is 4.56 Å². The van der Waals surface area contributed by atoms with E-state index in [2.05, 4.69) is 26.2 Å². The Bertz CT molecular complexity index is 1140. The Morgan fingerprint density at radius 1 is 1.10 bits per heavy atom. The summed E-state index contributed by atoms with van der Waals surface area (Å²) in [5, 5.41) is 12.8. The van der Waals surface area contributed by atoms with Gasteiger partial charge in [0.2, 0.25) is 0 Å². The van der Waals surface area contributed by atoms with Crippen LogP contribution in [0.15, 0.2) is 57.9 Å². The Kier molecular flexibility index (Phi) is 7.03. The Balaban J connectivity index is 0.00000117. The van der Waals surface area contributed by atoms with E-state index in [-0.39, 0.29) is 26.0 Å². The van der Waals surface area contributed by atoms with E-state index in [1.807, 2.05) is 67.3 Å². The summed E-state index contributed by atoms with van der Waals surface area (Å²) in [4.78, 5) is 30.7. The molecular weight excluding hydrogens is 519 g/mol. The van der Waals surface area contributed by atoms with Gasteiger partial charge in [-0.2, -0.15) is 0 Å². The molecule has 0 aliphatic rings. The van der Waals surface area contributed by atoms with Crippen molar-refractivity contribution in [2.45, 2.75) is 13.8 Å². The summed E-state index contributed by atoms with van der Waals surface area (Å²) in [6, 6.07) is 14.9. The van der Waals surface area contributed by atoms with E-state index in [0.29, 0.717) is 15.1 Å². The number of carboxylic acids is 1. The van der Waals surface area contributed by atoms with Crippen molar-refractivity contribution in [1.82, 2.24) is 4.98 Å². The number of aromatic nitrogens is 1. The Morgan fingerprint density at radius 2 is 1.79 bits per heavy atom. The van der Waals surface area contributed by atoms with Crippen molar-refractivity contribution in [2.24, 2.45) is 0 Å². The molecule has 2 aromatic carbocycles. The summed E-state index contributed by atoms with van der Waals surface area (Å²) in [5.74, 6) is -1.43. The fourth-order valence-corrected chi connectivity index (χ4v) is 5.76. The van der Waals surface area contributed by atoms with E-state index in [0.717, 1.165) is 20.3 Å². The second-order valence-corrected chi connectivity index (χ2v) is 9.40. The second-order valence-electron chi connectivity index (χ2n) is 5.61. The molecule has 0 atom stereocenters. The number of carboxylic acid groups (broad SMARTS) is 1. The second kappa shape index (κ2) is 9.50. The molecule has 0 saturated heterocycles. The first kappa shape index (κ1) is 21.5. The molecule has 0 radical (unpaired) electrons. The van der Waals surface area contributed by atoms with Gasteiger partial charge in [-0.05, 0) is 0 Å². The molecule has 0 aliphatic carbocycles. The van der Waals surface area contributed by atoms with Gasteiger partial charge in [-0.3, -0.25) is 0 Å². The number of fused-ring (bicyclic) bond motifs is 1. The molecule has 8 heteroatoms. The van der Waals surface area contributed by atoms with Crippen LogP contribution in [-0.2, 0) is 0 Å².